The van der Waals surface area contributed by atoms with Gasteiger partial charge in [0.2, 0.25) is 5.91 Å². The number of carbonyl (C=O) groups is 1. The largest absolute Gasteiger partial charge is 0.350 e. The fraction of sp³-hybridized carbons (Fsp3) is 0.471. The lowest BCUT2D eigenvalue weighted by molar-refractivity contribution is -0.118. The van der Waals surface area contributed by atoms with Gasteiger partial charge in [-0.3, -0.25) is 4.79 Å². The number of hydrogen-bond donors (Lipinski definition) is 1. The van der Waals surface area contributed by atoms with Crippen molar-refractivity contribution in [3.8, 4) is 0 Å². The molecule has 1 amide bonds. The summed E-state index contributed by atoms with van der Waals surface area (Å²) in [5.41, 5.74) is 3.35. The summed E-state index contributed by atoms with van der Waals surface area (Å²) in [6.45, 7) is 4.33. The molecular weight excluding hydrogens is 234 g/mol. The first-order valence-electron chi connectivity index (χ1n) is 7.34. The highest BCUT2D eigenvalue weighted by atomic mass is 16.1. The molecule has 102 valence electrons. The predicted octanol–water partition coefficient (Wildman–Crippen LogP) is 3.71. The minimum Gasteiger partial charge on any atom is -0.350 e. The van der Waals surface area contributed by atoms with E-state index >= 15 is 0 Å². The molecule has 19 heavy (non-hydrogen) atoms. The third-order valence-electron chi connectivity index (χ3n) is 3.67. The van der Waals surface area contributed by atoms with E-state index in [9.17, 15) is 4.79 Å². The molecule has 1 N–H and O–H groups in total. The Morgan fingerprint density at radius 3 is 2.53 bits per heavy atom. The molecule has 1 aromatic rings. The zero-order valence-corrected chi connectivity index (χ0v) is 11.9. The third kappa shape index (κ3) is 3.46. The summed E-state index contributed by atoms with van der Waals surface area (Å²) >= 11 is 0. The SMILES string of the molecule is CCCC(CCC)NC(=O)C1=Cc2ccccc2C1. The fourth-order valence-corrected chi connectivity index (χ4v) is 2.69. The minimum atomic E-state index is 0.114. The molecule has 0 bridgehead atoms. The smallest absolute Gasteiger partial charge is 0.247 e. The van der Waals surface area contributed by atoms with E-state index in [1.807, 2.05) is 18.2 Å². The molecule has 0 spiro atoms. The van der Waals surface area contributed by atoms with E-state index in [0.29, 0.717) is 6.04 Å². The first kappa shape index (κ1) is 13.9. The Morgan fingerprint density at radius 1 is 1.21 bits per heavy atom. The second-order valence-electron chi connectivity index (χ2n) is 5.29. The van der Waals surface area contributed by atoms with Crippen LogP contribution in [0.1, 0.15) is 50.7 Å². The topological polar surface area (TPSA) is 29.1 Å². The van der Waals surface area contributed by atoms with Crippen molar-refractivity contribution in [3.05, 3.63) is 41.0 Å². The van der Waals surface area contributed by atoms with Crippen molar-refractivity contribution < 1.29 is 4.79 Å². The highest BCUT2D eigenvalue weighted by Gasteiger charge is 2.19. The van der Waals surface area contributed by atoms with E-state index in [0.717, 1.165) is 37.7 Å². The summed E-state index contributed by atoms with van der Waals surface area (Å²) in [5, 5.41) is 3.19. The molecule has 1 aliphatic rings. The van der Waals surface area contributed by atoms with Crippen LogP contribution < -0.4 is 5.32 Å². The van der Waals surface area contributed by atoms with Crippen LogP contribution in [-0.4, -0.2) is 11.9 Å². The van der Waals surface area contributed by atoms with Gasteiger partial charge in [0.1, 0.15) is 0 Å². The third-order valence-corrected chi connectivity index (χ3v) is 3.67. The Balaban J connectivity index is 1.98. The molecule has 0 fully saturated rings. The second-order valence-corrected chi connectivity index (χ2v) is 5.29. The lowest BCUT2D eigenvalue weighted by Crippen LogP contribution is -2.35. The molecule has 1 aromatic carbocycles. The van der Waals surface area contributed by atoms with E-state index < -0.39 is 0 Å². The summed E-state index contributed by atoms with van der Waals surface area (Å²) in [4.78, 5) is 12.3. The molecule has 0 aliphatic heterocycles. The van der Waals surface area contributed by atoms with Crippen LogP contribution in [0.3, 0.4) is 0 Å². The summed E-state index contributed by atoms with van der Waals surface area (Å²) in [5.74, 6) is 0.114. The first-order chi connectivity index (χ1) is 9.24. The van der Waals surface area contributed by atoms with Crippen molar-refractivity contribution in [2.45, 2.75) is 52.0 Å². The number of carbonyl (C=O) groups excluding carboxylic acids is 1. The highest BCUT2D eigenvalue weighted by Crippen LogP contribution is 2.24. The predicted molar refractivity (Wildman–Crippen MR) is 79.9 cm³/mol. The van der Waals surface area contributed by atoms with Crippen LogP contribution in [0.15, 0.2) is 29.8 Å². The van der Waals surface area contributed by atoms with Crippen LogP contribution in [0, 0.1) is 0 Å². The molecular formula is C17H23NO. The summed E-state index contributed by atoms with van der Waals surface area (Å²) in [6.07, 6.45) is 7.17. The average Bonchev–Trinajstić information content (AvgIpc) is 2.83. The Morgan fingerprint density at radius 2 is 1.89 bits per heavy atom. The van der Waals surface area contributed by atoms with Gasteiger partial charge in [-0.25, -0.2) is 0 Å². The number of hydrogen-bond acceptors (Lipinski definition) is 1. The molecule has 0 radical (unpaired) electrons. The van der Waals surface area contributed by atoms with Crippen molar-refractivity contribution in [3.63, 3.8) is 0 Å². The quantitative estimate of drug-likeness (QED) is 0.827. The van der Waals surface area contributed by atoms with E-state index in [4.69, 9.17) is 0 Å². The standard InChI is InChI=1S/C17H23NO/c1-3-7-16(8-4-2)18-17(19)15-11-13-9-5-6-10-14(13)12-15/h5-6,9-11,16H,3-4,7-8,12H2,1-2H3,(H,18,19). The average molecular weight is 257 g/mol. The van der Waals surface area contributed by atoms with Crippen molar-refractivity contribution in [1.82, 2.24) is 5.32 Å². The lowest BCUT2D eigenvalue weighted by Gasteiger charge is -2.17. The van der Waals surface area contributed by atoms with Gasteiger partial charge in [0, 0.05) is 18.0 Å². The maximum absolute atomic E-state index is 12.3. The molecule has 0 saturated heterocycles. The van der Waals surface area contributed by atoms with Crippen LogP contribution in [0.25, 0.3) is 6.08 Å². The van der Waals surface area contributed by atoms with Gasteiger partial charge in [0.15, 0.2) is 0 Å². The van der Waals surface area contributed by atoms with Crippen molar-refractivity contribution in [2.24, 2.45) is 0 Å². The van der Waals surface area contributed by atoms with Gasteiger partial charge < -0.3 is 5.32 Å². The fourth-order valence-electron chi connectivity index (χ4n) is 2.69. The van der Waals surface area contributed by atoms with Crippen molar-refractivity contribution >= 4 is 12.0 Å². The maximum Gasteiger partial charge on any atom is 0.247 e. The zero-order chi connectivity index (χ0) is 13.7. The normalized spacial score (nSPS) is 13.3. The zero-order valence-electron chi connectivity index (χ0n) is 11.9. The number of benzene rings is 1. The molecule has 0 atom stereocenters. The molecule has 0 heterocycles. The number of nitrogens with one attached hydrogen (secondary N) is 1. The van der Waals surface area contributed by atoms with Gasteiger partial charge in [-0.1, -0.05) is 51.0 Å². The summed E-state index contributed by atoms with van der Waals surface area (Å²) in [7, 11) is 0. The van der Waals surface area contributed by atoms with Crippen LogP contribution >= 0.6 is 0 Å². The van der Waals surface area contributed by atoms with Crippen LogP contribution in [0.4, 0.5) is 0 Å². The van der Waals surface area contributed by atoms with Gasteiger partial charge in [-0.05, 0) is 30.0 Å². The molecule has 0 unspecified atom stereocenters. The molecule has 2 nitrogen and oxygen atoms in total. The number of rotatable bonds is 6. The van der Waals surface area contributed by atoms with E-state index in [-0.39, 0.29) is 5.91 Å². The van der Waals surface area contributed by atoms with E-state index in [1.54, 1.807) is 0 Å². The van der Waals surface area contributed by atoms with Gasteiger partial charge in [-0.15, -0.1) is 0 Å². The van der Waals surface area contributed by atoms with Crippen LogP contribution in [0.2, 0.25) is 0 Å². The molecule has 0 aromatic heterocycles. The van der Waals surface area contributed by atoms with Crippen molar-refractivity contribution in [2.75, 3.05) is 0 Å². The maximum atomic E-state index is 12.3. The molecule has 2 heteroatoms. The Hall–Kier alpha value is -1.57. The number of amides is 1. The van der Waals surface area contributed by atoms with Gasteiger partial charge in [0.25, 0.3) is 0 Å². The van der Waals surface area contributed by atoms with Crippen LogP contribution in [-0.2, 0) is 11.2 Å². The lowest BCUT2D eigenvalue weighted by atomic mass is 10.1. The minimum absolute atomic E-state index is 0.114. The first-order valence-corrected chi connectivity index (χ1v) is 7.34. The molecule has 2 rings (SSSR count). The van der Waals surface area contributed by atoms with Gasteiger partial charge in [0.05, 0.1) is 0 Å². The summed E-state index contributed by atoms with van der Waals surface area (Å²) in [6, 6.07) is 8.55. The molecule has 1 aliphatic carbocycles. The van der Waals surface area contributed by atoms with Gasteiger partial charge in [-0.2, -0.15) is 0 Å². The Labute approximate surface area is 115 Å². The van der Waals surface area contributed by atoms with Gasteiger partial charge >= 0.3 is 0 Å². The van der Waals surface area contributed by atoms with E-state index in [2.05, 4.69) is 31.3 Å². The second kappa shape index (κ2) is 6.55. The number of fused-ring (bicyclic) bond motifs is 1. The monoisotopic (exact) mass is 257 g/mol. The van der Waals surface area contributed by atoms with E-state index in [1.165, 1.54) is 11.1 Å². The highest BCUT2D eigenvalue weighted by molar-refractivity contribution is 6.00. The molecule has 0 saturated carbocycles. The summed E-state index contributed by atoms with van der Waals surface area (Å²) < 4.78 is 0. The van der Waals surface area contributed by atoms with Crippen molar-refractivity contribution in [1.29, 1.82) is 0 Å². The van der Waals surface area contributed by atoms with Crippen LogP contribution in [0.5, 0.6) is 0 Å². The Kier molecular flexibility index (Phi) is 4.78. The Bertz CT molecular complexity index is 470.